The van der Waals surface area contributed by atoms with Crippen molar-refractivity contribution in [3.63, 3.8) is 0 Å². The molecule has 3 rings (SSSR count). The van der Waals surface area contributed by atoms with Crippen molar-refractivity contribution >= 4 is 26.6 Å². The molecule has 3 aromatic carbocycles. The van der Waals surface area contributed by atoms with Crippen molar-refractivity contribution in [2.75, 3.05) is 0 Å². The second-order valence-corrected chi connectivity index (χ2v) is 7.66. The lowest BCUT2D eigenvalue weighted by Gasteiger charge is -2.11. The zero-order valence-electron chi connectivity index (χ0n) is 14.2. The summed E-state index contributed by atoms with van der Waals surface area (Å²) in [5, 5.41) is 19.7. The van der Waals surface area contributed by atoms with Gasteiger partial charge in [0.25, 0.3) is 0 Å². The van der Waals surface area contributed by atoms with Crippen LogP contribution in [0.25, 0.3) is 15.7 Å². The molecule has 0 aliphatic rings. The van der Waals surface area contributed by atoms with Crippen molar-refractivity contribution in [2.24, 2.45) is 0 Å². The fourth-order valence-electron chi connectivity index (χ4n) is 2.68. The Kier molecular flexibility index (Phi) is 4.53. The van der Waals surface area contributed by atoms with Gasteiger partial charge in [-0.2, -0.15) is 8.42 Å². The van der Waals surface area contributed by atoms with Crippen LogP contribution in [0.5, 0.6) is 11.5 Å². The lowest BCUT2D eigenvalue weighted by Crippen LogP contribution is -2.10. The summed E-state index contributed by atoms with van der Waals surface area (Å²) in [7, 11) is -4.20. The summed E-state index contributed by atoms with van der Waals surface area (Å²) in [6.45, 7) is 4.07. The lowest BCUT2D eigenvalue weighted by molar-refractivity contribution is 0.482. The van der Waals surface area contributed by atoms with Gasteiger partial charge in [0, 0.05) is 10.8 Å². The lowest BCUT2D eigenvalue weighted by atomic mass is 10.0. The monoisotopic (exact) mass is 369 g/mol. The third-order valence-electron chi connectivity index (χ3n) is 4.09. The number of hydrogen-bond acceptors (Lipinski definition) is 5. The fraction of sp³-hybridized carbons (Fsp3) is 0.158. The van der Waals surface area contributed by atoms with Crippen LogP contribution in [-0.2, 0) is 10.1 Å². The maximum absolute atomic E-state index is 12.8. The molecule has 0 fully saturated rings. The quantitative estimate of drug-likeness (QED) is 0.520. The average molecular weight is 369 g/mol. The van der Waals surface area contributed by atoms with E-state index < -0.39 is 10.1 Å². The zero-order chi connectivity index (χ0) is 18.9. The maximum atomic E-state index is 12.8. The van der Waals surface area contributed by atoms with E-state index in [1.807, 2.05) is 13.8 Å². The highest BCUT2D eigenvalue weighted by atomic mass is 32.2. The smallest absolute Gasteiger partial charge is 0.428 e. The minimum atomic E-state index is -4.20. The Morgan fingerprint density at radius 2 is 1.65 bits per heavy atom. The minimum absolute atomic E-state index is 0.175. The molecule has 0 aromatic heterocycles. The molecule has 0 spiro atoms. The van der Waals surface area contributed by atoms with E-state index in [0.717, 1.165) is 11.6 Å². The van der Waals surface area contributed by atoms with E-state index in [4.69, 9.17) is 9.58 Å². The fourth-order valence-corrected chi connectivity index (χ4v) is 3.83. The highest BCUT2D eigenvalue weighted by Gasteiger charge is 2.28. The first kappa shape index (κ1) is 17.7. The van der Waals surface area contributed by atoms with Crippen molar-refractivity contribution in [2.45, 2.75) is 24.7 Å². The minimum Gasteiger partial charge on any atom is -0.501 e. The first-order valence-electron chi connectivity index (χ1n) is 7.97. The molecule has 0 saturated carbocycles. The van der Waals surface area contributed by atoms with E-state index in [-0.39, 0.29) is 32.9 Å². The normalized spacial score (nSPS) is 11.5. The van der Waals surface area contributed by atoms with Crippen LogP contribution in [0.4, 0.5) is 5.69 Å². The molecule has 0 radical (unpaired) electrons. The van der Waals surface area contributed by atoms with Crippen LogP contribution in [-0.4, -0.2) is 13.5 Å². The van der Waals surface area contributed by atoms with Crippen molar-refractivity contribution in [1.29, 1.82) is 5.39 Å². The first-order chi connectivity index (χ1) is 12.3. The predicted octanol–water partition coefficient (Wildman–Crippen LogP) is 4.92. The number of rotatable bonds is 4. The molecular formula is C19H17N2O4S+. The van der Waals surface area contributed by atoms with E-state index in [9.17, 15) is 13.5 Å². The standard InChI is InChI=1S/C19H16N2O4S/c1-12(2)13-7-9-14(10-8-13)25-26(23,24)18-11-17(21-20)19(22)16-6-4-3-5-15(16)18/h3-12H,1-2H3/p+1. The van der Waals surface area contributed by atoms with E-state index in [1.165, 1.54) is 6.07 Å². The second-order valence-electron chi connectivity index (χ2n) is 6.15. The van der Waals surface area contributed by atoms with Crippen LogP contribution in [0.1, 0.15) is 25.3 Å². The molecule has 0 saturated heterocycles. The molecule has 26 heavy (non-hydrogen) atoms. The van der Waals surface area contributed by atoms with Gasteiger partial charge in [-0.05, 0) is 23.6 Å². The molecule has 0 bridgehead atoms. The van der Waals surface area contributed by atoms with Gasteiger partial charge < -0.3 is 9.29 Å². The Bertz CT molecular complexity index is 1110. The van der Waals surface area contributed by atoms with Gasteiger partial charge in [0.1, 0.15) is 10.6 Å². The molecule has 6 nitrogen and oxygen atoms in total. The highest BCUT2D eigenvalue weighted by molar-refractivity contribution is 7.87. The zero-order valence-corrected chi connectivity index (χ0v) is 15.1. The van der Waals surface area contributed by atoms with Gasteiger partial charge in [-0.25, -0.2) is 0 Å². The van der Waals surface area contributed by atoms with Crippen LogP contribution in [0, 0.1) is 5.39 Å². The molecule has 0 aliphatic heterocycles. The molecule has 0 heterocycles. The van der Waals surface area contributed by atoms with Gasteiger partial charge in [0.05, 0.1) is 6.07 Å². The van der Waals surface area contributed by atoms with Crippen molar-refractivity contribution < 1.29 is 17.7 Å². The summed E-state index contributed by atoms with van der Waals surface area (Å²) in [5.74, 6) is 0.188. The van der Waals surface area contributed by atoms with E-state index >= 15 is 0 Å². The van der Waals surface area contributed by atoms with Crippen molar-refractivity contribution in [1.82, 2.24) is 0 Å². The number of fused-ring (bicyclic) bond motifs is 1. The first-order valence-corrected chi connectivity index (χ1v) is 9.38. The molecule has 3 aromatic rings. The predicted molar refractivity (Wildman–Crippen MR) is 98.7 cm³/mol. The molecule has 132 valence electrons. The number of aromatic hydroxyl groups is 1. The molecule has 7 heteroatoms. The van der Waals surface area contributed by atoms with Gasteiger partial charge in [-0.1, -0.05) is 50.2 Å². The van der Waals surface area contributed by atoms with Gasteiger partial charge >= 0.3 is 15.8 Å². The highest BCUT2D eigenvalue weighted by Crippen LogP contribution is 2.39. The van der Waals surface area contributed by atoms with Crippen LogP contribution in [0.3, 0.4) is 0 Å². The topological polar surface area (TPSA) is 91.8 Å². The SMILES string of the molecule is CC(C)c1ccc(OS(=O)(=O)c2cc([N+]#N)c(O)c3ccccc23)cc1. The Hall–Kier alpha value is -3.11. The summed E-state index contributed by atoms with van der Waals surface area (Å²) in [4.78, 5) is 2.77. The molecular weight excluding hydrogens is 352 g/mol. The summed E-state index contributed by atoms with van der Waals surface area (Å²) in [6.07, 6.45) is 0. The average Bonchev–Trinajstić information content (AvgIpc) is 2.62. The molecule has 1 N–H and O–H groups in total. The van der Waals surface area contributed by atoms with Crippen LogP contribution < -0.4 is 4.18 Å². The number of benzene rings is 3. The molecule has 0 unspecified atom stereocenters. The summed E-state index contributed by atoms with van der Waals surface area (Å²) in [5.41, 5.74) is 0.812. The van der Waals surface area contributed by atoms with Gasteiger partial charge in [0.15, 0.2) is 4.98 Å². The number of phenols is 1. The number of diazo groups is 1. The summed E-state index contributed by atoms with van der Waals surface area (Å²) in [6, 6.07) is 14.2. The Balaban J connectivity index is 2.10. The third-order valence-corrected chi connectivity index (χ3v) is 5.38. The number of nitrogens with zero attached hydrogens (tertiary/aromatic N) is 2. The van der Waals surface area contributed by atoms with Crippen LogP contribution in [0.2, 0.25) is 0 Å². The molecule has 0 atom stereocenters. The van der Waals surface area contributed by atoms with E-state index in [0.29, 0.717) is 5.92 Å². The van der Waals surface area contributed by atoms with Crippen molar-refractivity contribution in [3.05, 3.63) is 65.1 Å². The number of hydrogen-bond donors (Lipinski definition) is 1. The van der Waals surface area contributed by atoms with Gasteiger partial charge in [-0.3, -0.25) is 0 Å². The Morgan fingerprint density at radius 3 is 2.23 bits per heavy atom. The largest absolute Gasteiger partial charge is 0.501 e. The van der Waals surface area contributed by atoms with Crippen molar-refractivity contribution in [3.8, 4) is 11.5 Å². The van der Waals surface area contributed by atoms with Gasteiger partial charge in [0.2, 0.25) is 11.1 Å². The maximum Gasteiger partial charge on any atom is 0.428 e. The Labute approximate surface area is 151 Å². The van der Waals surface area contributed by atoms with Gasteiger partial charge in [-0.15, -0.1) is 0 Å². The van der Waals surface area contributed by atoms with E-state index in [2.05, 4.69) is 4.98 Å². The second kappa shape index (κ2) is 6.65. The third kappa shape index (κ3) is 3.19. The Morgan fingerprint density at radius 1 is 1.04 bits per heavy atom. The van der Waals surface area contributed by atoms with Crippen LogP contribution in [0.15, 0.2) is 59.5 Å². The summed E-state index contributed by atoms with van der Waals surface area (Å²) < 4.78 is 30.8. The molecule has 0 aliphatic carbocycles. The summed E-state index contributed by atoms with van der Waals surface area (Å²) >= 11 is 0. The van der Waals surface area contributed by atoms with E-state index in [1.54, 1.807) is 42.5 Å². The number of phenolic OH excluding ortho intramolecular Hbond substituents is 1. The van der Waals surface area contributed by atoms with Crippen LogP contribution >= 0.6 is 0 Å². The molecule has 0 amide bonds.